The summed E-state index contributed by atoms with van der Waals surface area (Å²) in [5.41, 5.74) is 8.10. The van der Waals surface area contributed by atoms with Gasteiger partial charge in [-0.2, -0.15) is 5.10 Å². The van der Waals surface area contributed by atoms with Crippen molar-refractivity contribution in [1.29, 1.82) is 0 Å². The fourth-order valence-corrected chi connectivity index (χ4v) is 2.44. The summed E-state index contributed by atoms with van der Waals surface area (Å²) in [6, 6.07) is 13.2. The Labute approximate surface area is 179 Å². The van der Waals surface area contributed by atoms with Gasteiger partial charge in [0.1, 0.15) is 17.3 Å². The van der Waals surface area contributed by atoms with Crippen LogP contribution in [-0.2, 0) is 6.54 Å². The van der Waals surface area contributed by atoms with Crippen LogP contribution in [0.25, 0.3) is 5.69 Å². The van der Waals surface area contributed by atoms with Crippen molar-refractivity contribution in [3.05, 3.63) is 66.2 Å². The Morgan fingerprint density at radius 1 is 1.14 bits per heavy atom. The standard InChI is InChI=1S/C19H20FN5O2.HI/c1-26-16-7-8-18(27-2)17(11-16)23-19(21)22-12-14-9-10-25(24-14)15-5-3-13(20)4-6-15;/h3-11H,12H2,1-2H3,(H3,21,22,23);1H. The van der Waals surface area contributed by atoms with Crippen molar-refractivity contribution in [3.63, 3.8) is 0 Å². The minimum absolute atomic E-state index is 0. The van der Waals surface area contributed by atoms with Crippen molar-refractivity contribution < 1.29 is 13.9 Å². The van der Waals surface area contributed by atoms with Gasteiger partial charge in [-0.05, 0) is 42.5 Å². The number of rotatable bonds is 6. The number of aliphatic imine (C=N–C) groups is 1. The highest BCUT2D eigenvalue weighted by molar-refractivity contribution is 14.0. The second-order valence-electron chi connectivity index (χ2n) is 5.62. The van der Waals surface area contributed by atoms with E-state index in [0.717, 1.165) is 11.4 Å². The van der Waals surface area contributed by atoms with Gasteiger partial charge in [0.15, 0.2) is 5.96 Å². The molecule has 28 heavy (non-hydrogen) atoms. The predicted octanol–water partition coefficient (Wildman–Crippen LogP) is 3.57. The van der Waals surface area contributed by atoms with Crippen LogP contribution in [0, 0.1) is 5.82 Å². The molecule has 3 rings (SSSR count). The lowest BCUT2D eigenvalue weighted by atomic mass is 10.2. The van der Waals surface area contributed by atoms with Crippen molar-refractivity contribution in [2.75, 3.05) is 19.5 Å². The molecular formula is C19H21FIN5O2. The van der Waals surface area contributed by atoms with E-state index in [4.69, 9.17) is 15.2 Å². The zero-order chi connectivity index (χ0) is 19.2. The van der Waals surface area contributed by atoms with Gasteiger partial charge in [-0.1, -0.05) is 0 Å². The van der Waals surface area contributed by atoms with Gasteiger partial charge in [0.05, 0.1) is 37.8 Å². The van der Waals surface area contributed by atoms with E-state index in [1.165, 1.54) is 12.1 Å². The van der Waals surface area contributed by atoms with Crippen LogP contribution in [0.3, 0.4) is 0 Å². The average molecular weight is 497 g/mol. The number of halogens is 2. The van der Waals surface area contributed by atoms with Crippen LogP contribution in [0.4, 0.5) is 10.1 Å². The first-order valence-corrected chi connectivity index (χ1v) is 8.18. The van der Waals surface area contributed by atoms with Gasteiger partial charge in [0.25, 0.3) is 0 Å². The number of nitrogens with two attached hydrogens (primary N) is 1. The Morgan fingerprint density at radius 2 is 1.89 bits per heavy atom. The molecule has 0 aliphatic rings. The molecule has 0 unspecified atom stereocenters. The molecule has 0 amide bonds. The molecule has 2 aromatic carbocycles. The van der Waals surface area contributed by atoms with Gasteiger partial charge in [0, 0.05) is 12.3 Å². The van der Waals surface area contributed by atoms with Crippen LogP contribution >= 0.6 is 24.0 Å². The number of aromatic nitrogens is 2. The second kappa shape index (κ2) is 9.93. The lowest BCUT2D eigenvalue weighted by Gasteiger charge is -2.12. The molecule has 0 saturated heterocycles. The maximum Gasteiger partial charge on any atom is 0.193 e. The third kappa shape index (κ3) is 5.35. The molecule has 0 aliphatic heterocycles. The number of nitrogens with zero attached hydrogens (tertiary/aromatic N) is 3. The number of anilines is 1. The van der Waals surface area contributed by atoms with Gasteiger partial charge < -0.3 is 20.5 Å². The van der Waals surface area contributed by atoms with E-state index in [2.05, 4.69) is 15.4 Å². The predicted molar refractivity (Wildman–Crippen MR) is 117 cm³/mol. The quantitative estimate of drug-likeness (QED) is 0.309. The summed E-state index contributed by atoms with van der Waals surface area (Å²) in [5.74, 6) is 1.22. The summed E-state index contributed by atoms with van der Waals surface area (Å²) < 4.78 is 25.2. The first-order chi connectivity index (χ1) is 13.1. The van der Waals surface area contributed by atoms with E-state index in [0.29, 0.717) is 23.7 Å². The van der Waals surface area contributed by atoms with E-state index in [9.17, 15) is 4.39 Å². The fraction of sp³-hybridized carbons (Fsp3) is 0.158. The first-order valence-electron chi connectivity index (χ1n) is 8.18. The molecule has 3 aromatic rings. The summed E-state index contributed by atoms with van der Waals surface area (Å²) in [4.78, 5) is 4.29. The molecule has 0 atom stereocenters. The molecule has 1 aromatic heterocycles. The topological polar surface area (TPSA) is 86.7 Å². The third-order valence-corrected chi connectivity index (χ3v) is 3.82. The summed E-state index contributed by atoms with van der Waals surface area (Å²) >= 11 is 0. The highest BCUT2D eigenvalue weighted by Gasteiger charge is 2.07. The minimum Gasteiger partial charge on any atom is -0.497 e. The van der Waals surface area contributed by atoms with E-state index in [-0.39, 0.29) is 35.8 Å². The van der Waals surface area contributed by atoms with Crippen molar-refractivity contribution >= 4 is 35.6 Å². The van der Waals surface area contributed by atoms with Crippen molar-refractivity contribution in [1.82, 2.24) is 9.78 Å². The summed E-state index contributed by atoms with van der Waals surface area (Å²) in [7, 11) is 3.16. The molecule has 148 valence electrons. The number of methoxy groups -OCH3 is 2. The lowest BCUT2D eigenvalue weighted by Crippen LogP contribution is -2.23. The number of hydrogen-bond donors (Lipinski definition) is 2. The van der Waals surface area contributed by atoms with Crippen LogP contribution in [0.15, 0.2) is 59.7 Å². The van der Waals surface area contributed by atoms with E-state index >= 15 is 0 Å². The second-order valence-corrected chi connectivity index (χ2v) is 5.62. The molecular weight excluding hydrogens is 476 g/mol. The fourth-order valence-electron chi connectivity index (χ4n) is 2.44. The third-order valence-electron chi connectivity index (χ3n) is 3.82. The van der Waals surface area contributed by atoms with Crippen LogP contribution in [0.1, 0.15) is 5.69 Å². The molecule has 0 fully saturated rings. The van der Waals surface area contributed by atoms with Gasteiger partial charge in [-0.25, -0.2) is 14.1 Å². The summed E-state index contributed by atoms with van der Waals surface area (Å²) in [6.07, 6.45) is 1.78. The Morgan fingerprint density at radius 3 is 2.57 bits per heavy atom. The zero-order valence-electron chi connectivity index (χ0n) is 15.4. The highest BCUT2D eigenvalue weighted by atomic mass is 127. The maximum absolute atomic E-state index is 13.0. The van der Waals surface area contributed by atoms with Crippen molar-refractivity contribution in [3.8, 4) is 17.2 Å². The lowest BCUT2D eigenvalue weighted by molar-refractivity contribution is 0.405. The van der Waals surface area contributed by atoms with Crippen molar-refractivity contribution in [2.24, 2.45) is 10.7 Å². The summed E-state index contributed by atoms with van der Waals surface area (Å²) in [5, 5.41) is 7.41. The molecule has 0 saturated carbocycles. The van der Waals surface area contributed by atoms with E-state index in [1.807, 2.05) is 6.07 Å². The smallest absolute Gasteiger partial charge is 0.193 e. The zero-order valence-corrected chi connectivity index (χ0v) is 17.8. The van der Waals surface area contributed by atoms with Crippen LogP contribution in [0.2, 0.25) is 0 Å². The monoisotopic (exact) mass is 497 g/mol. The molecule has 3 N–H and O–H groups in total. The van der Waals surface area contributed by atoms with Gasteiger partial charge in [-0.15, -0.1) is 24.0 Å². The largest absolute Gasteiger partial charge is 0.497 e. The molecule has 9 heteroatoms. The van der Waals surface area contributed by atoms with Crippen molar-refractivity contribution in [2.45, 2.75) is 6.54 Å². The molecule has 7 nitrogen and oxygen atoms in total. The van der Waals surface area contributed by atoms with Crippen LogP contribution < -0.4 is 20.5 Å². The Kier molecular flexibility index (Phi) is 7.61. The SMILES string of the molecule is COc1ccc(OC)c(NC(N)=NCc2ccn(-c3ccc(F)cc3)n2)c1.I. The van der Waals surface area contributed by atoms with Gasteiger partial charge in [-0.3, -0.25) is 0 Å². The molecule has 0 spiro atoms. The average Bonchev–Trinajstić information content (AvgIpc) is 3.16. The highest BCUT2D eigenvalue weighted by Crippen LogP contribution is 2.28. The van der Waals surface area contributed by atoms with E-state index < -0.39 is 0 Å². The van der Waals surface area contributed by atoms with Gasteiger partial charge >= 0.3 is 0 Å². The Hall–Kier alpha value is -2.82. The Bertz CT molecular complexity index is 944. The molecule has 0 radical (unpaired) electrons. The maximum atomic E-state index is 13.0. The molecule has 0 bridgehead atoms. The van der Waals surface area contributed by atoms with E-state index in [1.54, 1.807) is 55.4 Å². The number of benzene rings is 2. The number of nitrogens with one attached hydrogen (secondary N) is 1. The molecule has 1 heterocycles. The number of hydrogen-bond acceptors (Lipinski definition) is 4. The first kappa shape index (κ1) is 21.5. The van der Waals surface area contributed by atoms with Crippen LogP contribution in [-0.4, -0.2) is 30.0 Å². The van der Waals surface area contributed by atoms with Crippen LogP contribution in [0.5, 0.6) is 11.5 Å². The summed E-state index contributed by atoms with van der Waals surface area (Å²) in [6.45, 7) is 0.291. The van der Waals surface area contributed by atoms with Gasteiger partial charge in [0.2, 0.25) is 0 Å². The number of guanidine groups is 1. The minimum atomic E-state index is -0.289. The Balaban J connectivity index is 0.00000280. The molecule has 0 aliphatic carbocycles. The normalized spacial score (nSPS) is 10.9. The number of ether oxygens (including phenoxy) is 2.